The van der Waals surface area contributed by atoms with Crippen LogP contribution in [0, 0.1) is 12.7 Å². The van der Waals surface area contributed by atoms with Crippen LogP contribution in [-0.2, 0) is 0 Å². The number of ether oxygens (including phenoxy) is 2. The Labute approximate surface area is 126 Å². The van der Waals surface area contributed by atoms with Gasteiger partial charge in [-0.2, -0.15) is 0 Å². The summed E-state index contributed by atoms with van der Waals surface area (Å²) in [6.07, 6.45) is -1.02. The fourth-order valence-corrected chi connectivity index (χ4v) is 2.50. The van der Waals surface area contributed by atoms with E-state index < -0.39 is 6.10 Å². The van der Waals surface area contributed by atoms with Gasteiger partial charge in [0.25, 0.3) is 0 Å². The van der Waals surface area contributed by atoms with Gasteiger partial charge >= 0.3 is 0 Å². The highest BCUT2D eigenvalue weighted by Gasteiger charge is 2.21. The van der Waals surface area contributed by atoms with Gasteiger partial charge in [0.1, 0.15) is 25.1 Å². The summed E-state index contributed by atoms with van der Waals surface area (Å²) in [6.45, 7) is 2.58. The van der Waals surface area contributed by atoms with E-state index in [4.69, 9.17) is 21.1 Å². The summed E-state index contributed by atoms with van der Waals surface area (Å²) >= 11 is 6.19. The SMILES string of the molecule is Cc1ccc(C(O)c2cc3c(cc2Cl)OCCO3)cc1F. The van der Waals surface area contributed by atoms with Gasteiger partial charge < -0.3 is 14.6 Å². The minimum Gasteiger partial charge on any atom is -0.486 e. The van der Waals surface area contributed by atoms with Crippen LogP contribution in [0.2, 0.25) is 5.02 Å². The molecular formula is C16H14ClFO3. The van der Waals surface area contributed by atoms with Crippen LogP contribution < -0.4 is 9.47 Å². The van der Waals surface area contributed by atoms with E-state index in [2.05, 4.69) is 0 Å². The van der Waals surface area contributed by atoms with Crippen LogP contribution in [0.25, 0.3) is 0 Å². The predicted molar refractivity (Wildman–Crippen MR) is 77.6 cm³/mol. The lowest BCUT2D eigenvalue weighted by atomic mass is 9.99. The number of rotatable bonds is 2. The molecule has 0 aliphatic carbocycles. The van der Waals surface area contributed by atoms with Crippen molar-refractivity contribution >= 4 is 11.6 Å². The Hall–Kier alpha value is -1.78. The summed E-state index contributed by atoms with van der Waals surface area (Å²) in [5.41, 5.74) is 1.43. The number of fused-ring (bicyclic) bond motifs is 1. The number of aliphatic hydroxyl groups is 1. The molecule has 2 aromatic carbocycles. The average molecular weight is 309 g/mol. The molecule has 0 saturated carbocycles. The maximum atomic E-state index is 13.6. The number of hydrogen-bond acceptors (Lipinski definition) is 3. The van der Waals surface area contributed by atoms with Crippen LogP contribution in [0.15, 0.2) is 30.3 Å². The lowest BCUT2D eigenvalue weighted by Gasteiger charge is -2.21. The molecule has 5 heteroatoms. The summed E-state index contributed by atoms with van der Waals surface area (Å²) in [5, 5.41) is 10.8. The Bertz CT molecular complexity index is 687. The fourth-order valence-electron chi connectivity index (χ4n) is 2.25. The zero-order valence-corrected chi connectivity index (χ0v) is 12.2. The molecule has 0 radical (unpaired) electrons. The molecule has 2 aromatic rings. The van der Waals surface area contributed by atoms with Crippen molar-refractivity contribution in [2.24, 2.45) is 0 Å². The standard InChI is InChI=1S/C16H14ClFO3/c1-9-2-3-10(6-13(9)18)16(19)11-7-14-15(8-12(11)17)21-5-4-20-14/h2-3,6-8,16,19H,4-5H2,1H3. The van der Waals surface area contributed by atoms with Crippen molar-refractivity contribution in [1.82, 2.24) is 0 Å². The van der Waals surface area contributed by atoms with Gasteiger partial charge in [0.05, 0.1) is 5.02 Å². The van der Waals surface area contributed by atoms with E-state index in [1.54, 1.807) is 31.2 Å². The van der Waals surface area contributed by atoms with Gasteiger partial charge in [-0.05, 0) is 30.2 Å². The summed E-state index contributed by atoms with van der Waals surface area (Å²) in [4.78, 5) is 0. The van der Waals surface area contributed by atoms with E-state index in [1.807, 2.05) is 0 Å². The van der Waals surface area contributed by atoms with Gasteiger partial charge in [-0.25, -0.2) is 4.39 Å². The number of halogens is 2. The van der Waals surface area contributed by atoms with E-state index >= 15 is 0 Å². The zero-order chi connectivity index (χ0) is 15.0. The summed E-state index contributed by atoms with van der Waals surface area (Å²) < 4.78 is 24.5. The van der Waals surface area contributed by atoms with E-state index in [1.165, 1.54) is 6.07 Å². The number of aliphatic hydroxyl groups excluding tert-OH is 1. The fraction of sp³-hybridized carbons (Fsp3) is 0.250. The highest BCUT2D eigenvalue weighted by Crippen LogP contribution is 2.39. The molecule has 1 aliphatic rings. The van der Waals surface area contributed by atoms with Gasteiger partial charge in [0.2, 0.25) is 0 Å². The molecule has 1 atom stereocenters. The lowest BCUT2D eigenvalue weighted by Crippen LogP contribution is -2.16. The van der Waals surface area contributed by atoms with Gasteiger partial charge in [-0.1, -0.05) is 23.7 Å². The molecule has 3 nitrogen and oxygen atoms in total. The summed E-state index contributed by atoms with van der Waals surface area (Å²) in [5.74, 6) is 0.727. The second-order valence-corrected chi connectivity index (χ2v) is 5.34. The van der Waals surface area contributed by atoms with Gasteiger partial charge in [-0.15, -0.1) is 0 Å². The Morgan fingerprint density at radius 2 is 1.81 bits per heavy atom. The van der Waals surface area contributed by atoms with Crippen molar-refractivity contribution in [1.29, 1.82) is 0 Å². The lowest BCUT2D eigenvalue weighted by molar-refractivity contribution is 0.169. The molecule has 21 heavy (non-hydrogen) atoms. The van der Waals surface area contributed by atoms with Gasteiger partial charge in [0.15, 0.2) is 11.5 Å². The molecule has 1 N–H and O–H groups in total. The van der Waals surface area contributed by atoms with Crippen molar-refractivity contribution in [2.45, 2.75) is 13.0 Å². The highest BCUT2D eigenvalue weighted by molar-refractivity contribution is 6.31. The normalized spacial score (nSPS) is 14.9. The Balaban J connectivity index is 2.00. The smallest absolute Gasteiger partial charge is 0.162 e. The van der Waals surface area contributed by atoms with Crippen LogP contribution in [-0.4, -0.2) is 18.3 Å². The maximum absolute atomic E-state index is 13.6. The Morgan fingerprint density at radius 3 is 2.48 bits per heavy atom. The number of aryl methyl sites for hydroxylation is 1. The second-order valence-electron chi connectivity index (χ2n) is 4.93. The third kappa shape index (κ3) is 2.69. The molecule has 0 bridgehead atoms. The molecule has 1 unspecified atom stereocenters. The first kappa shape index (κ1) is 14.2. The Morgan fingerprint density at radius 1 is 1.14 bits per heavy atom. The predicted octanol–water partition coefficient (Wildman–Crippen LogP) is 3.64. The molecule has 0 aromatic heterocycles. The molecular weight excluding hydrogens is 295 g/mol. The molecule has 110 valence electrons. The average Bonchev–Trinajstić information content (AvgIpc) is 2.48. The van der Waals surface area contributed by atoms with Crippen molar-refractivity contribution in [3.63, 3.8) is 0 Å². The maximum Gasteiger partial charge on any atom is 0.162 e. The summed E-state index contributed by atoms with van der Waals surface area (Å²) in [7, 11) is 0. The second kappa shape index (κ2) is 5.54. The zero-order valence-electron chi connectivity index (χ0n) is 11.4. The number of hydrogen-bond donors (Lipinski definition) is 1. The molecule has 0 fully saturated rings. The van der Waals surface area contributed by atoms with Gasteiger partial charge in [0, 0.05) is 11.6 Å². The molecule has 1 aliphatic heterocycles. The monoisotopic (exact) mass is 308 g/mol. The van der Waals surface area contributed by atoms with Gasteiger partial charge in [-0.3, -0.25) is 0 Å². The first-order chi connectivity index (χ1) is 10.1. The van der Waals surface area contributed by atoms with Crippen molar-refractivity contribution in [3.8, 4) is 11.5 Å². The first-order valence-electron chi connectivity index (χ1n) is 6.59. The highest BCUT2D eigenvalue weighted by atomic mass is 35.5. The van der Waals surface area contributed by atoms with Crippen molar-refractivity contribution < 1.29 is 19.0 Å². The first-order valence-corrected chi connectivity index (χ1v) is 6.97. The van der Waals surface area contributed by atoms with Crippen LogP contribution in [0.1, 0.15) is 22.8 Å². The molecule has 0 spiro atoms. The third-order valence-electron chi connectivity index (χ3n) is 3.47. The van der Waals surface area contributed by atoms with Crippen LogP contribution in [0.5, 0.6) is 11.5 Å². The summed E-state index contributed by atoms with van der Waals surface area (Å²) in [6, 6.07) is 7.86. The topological polar surface area (TPSA) is 38.7 Å². The quantitative estimate of drug-likeness (QED) is 0.920. The van der Waals surface area contributed by atoms with Crippen LogP contribution in [0.4, 0.5) is 4.39 Å². The largest absolute Gasteiger partial charge is 0.486 e. The van der Waals surface area contributed by atoms with E-state index in [0.29, 0.717) is 46.4 Å². The van der Waals surface area contributed by atoms with E-state index in [9.17, 15) is 9.50 Å². The van der Waals surface area contributed by atoms with Crippen molar-refractivity contribution in [2.75, 3.05) is 13.2 Å². The minimum absolute atomic E-state index is 0.354. The van der Waals surface area contributed by atoms with E-state index in [0.717, 1.165) is 0 Å². The minimum atomic E-state index is -1.02. The van der Waals surface area contributed by atoms with E-state index in [-0.39, 0.29) is 5.82 Å². The molecule has 1 heterocycles. The molecule has 3 rings (SSSR count). The Kier molecular flexibility index (Phi) is 3.74. The third-order valence-corrected chi connectivity index (χ3v) is 3.80. The molecule has 0 saturated heterocycles. The van der Waals surface area contributed by atoms with Crippen molar-refractivity contribution in [3.05, 3.63) is 57.9 Å². The molecule has 0 amide bonds. The number of benzene rings is 2. The van der Waals surface area contributed by atoms with Crippen LogP contribution in [0.3, 0.4) is 0 Å². The van der Waals surface area contributed by atoms with Crippen LogP contribution >= 0.6 is 11.6 Å².